The van der Waals surface area contributed by atoms with E-state index >= 15 is 0 Å². The minimum Gasteiger partial charge on any atom is -0.454 e. The number of benzene rings is 7. The number of hydrogen-bond donors (Lipinski definition) is 0. The molecule has 0 unspecified atom stereocenters. The molecule has 0 fully saturated rings. The van der Waals surface area contributed by atoms with Crippen molar-refractivity contribution in [3.8, 4) is 34.1 Å². The summed E-state index contributed by atoms with van der Waals surface area (Å²) in [7, 11) is 0. The smallest absolute Gasteiger partial charge is 0.154 e. The van der Waals surface area contributed by atoms with E-state index in [2.05, 4.69) is 109 Å². The molecule has 0 aliphatic carbocycles. The van der Waals surface area contributed by atoms with E-state index in [-0.39, 0.29) is 0 Å². The topological polar surface area (TPSA) is 33.0 Å². The van der Waals surface area contributed by atoms with Crippen molar-refractivity contribution >= 4 is 32.9 Å². The molecule has 43 heavy (non-hydrogen) atoms. The average molecular weight is 548 g/mol. The summed E-state index contributed by atoms with van der Waals surface area (Å²) in [6, 6.07) is 54.7. The first-order chi connectivity index (χ1) is 21.3. The molecule has 1 aliphatic heterocycles. The third-order valence-corrected chi connectivity index (χ3v) is 8.29. The normalized spacial score (nSPS) is 12.3. The zero-order valence-corrected chi connectivity index (χ0v) is 23.3. The standard InChI is InChI=1S/C41H25NO/c42-26-34-35(27-15-5-1-6-16-27)37(29-19-9-3-10-20-29)38-32-24-14-13-23-31(32)25-33-36(28-17-7-2-8-18-28)40(43-41(34)39(33)38)30-21-11-4-12-22-30/h1-25H. The summed E-state index contributed by atoms with van der Waals surface area (Å²) in [4.78, 5) is 0. The van der Waals surface area contributed by atoms with Gasteiger partial charge in [0.05, 0.1) is 0 Å². The molecule has 2 nitrogen and oxygen atoms in total. The molecule has 0 amide bonds. The Balaban J connectivity index is 1.65. The van der Waals surface area contributed by atoms with Crippen LogP contribution in [0.4, 0.5) is 0 Å². The Bertz CT molecular complexity index is 2230. The van der Waals surface area contributed by atoms with Gasteiger partial charge in [-0.2, -0.15) is 5.26 Å². The van der Waals surface area contributed by atoms with Gasteiger partial charge in [-0.15, -0.1) is 0 Å². The zero-order valence-electron chi connectivity index (χ0n) is 23.3. The van der Waals surface area contributed by atoms with Crippen molar-refractivity contribution in [2.24, 2.45) is 0 Å². The molecule has 0 radical (unpaired) electrons. The number of hydrogen-bond acceptors (Lipinski definition) is 2. The largest absolute Gasteiger partial charge is 0.454 e. The lowest BCUT2D eigenvalue weighted by atomic mass is 9.79. The van der Waals surface area contributed by atoms with Crippen LogP contribution in [0.5, 0.6) is 5.75 Å². The minimum atomic E-state index is 0.537. The summed E-state index contributed by atoms with van der Waals surface area (Å²) >= 11 is 0. The van der Waals surface area contributed by atoms with Gasteiger partial charge in [-0.1, -0.05) is 146 Å². The molecule has 2 heteroatoms. The van der Waals surface area contributed by atoms with Crippen LogP contribution in [0, 0.1) is 11.3 Å². The Morgan fingerprint density at radius 1 is 0.488 bits per heavy atom. The summed E-state index contributed by atoms with van der Waals surface area (Å²) in [6.07, 6.45) is 0. The van der Waals surface area contributed by atoms with E-state index in [9.17, 15) is 5.26 Å². The molecular weight excluding hydrogens is 522 g/mol. The van der Waals surface area contributed by atoms with E-state index in [4.69, 9.17) is 4.74 Å². The minimum absolute atomic E-state index is 0.537. The van der Waals surface area contributed by atoms with Crippen LogP contribution < -0.4 is 4.74 Å². The monoisotopic (exact) mass is 547 g/mol. The number of ether oxygens (including phenoxy) is 1. The molecule has 0 N–H and O–H groups in total. The van der Waals surface area contributed by atoms with Gasteiger partial charge in [0.2, 0.25) is 0 Å². The van der Waals surface area contributed by atoms with Gasteiger partial charge in [-0.05, 0) is 44.7 Å². The fourth-order valence-electron chi connectivity index (χ4n) is 6.48. The molecule has 1 heterocycles. The highest BCUT2D eigenvalue weighted by atomic mass is 16.5. The third-order valence-electron chi connectivity index (χ3n) is 8.29. The molecule has 7 aromatic rings. The fourth-order valence-corrected chi connectivity index (χ4v) is 6.48. The van der Waals surface area contributed by atoms with Crippen molar-refractivity contribution in [3.63, 3.8) is 0 Å². The molecule has 200 valence electrons. The number of fused-ring (bicyclic) bond motifs is 2. The maximum absolute atomic E-state index is 10.9. The summed E-state index contributed by atoms with van der Waals surface area (Å²) in [5, 5.41) is 15.3. The summed E-state index contributed by atoms with van der Waals surface area (Å²) in [6.45, 7) is 0. The van der Waals surface area contributed by atoms with Crippen LogP contribution in [0.2, 0.25) is 0 Å². The van der Waals surface area contributed by atoms with Crippen LogP contribution in [-0.4, -0.2) is 0 Å². The van der Waals surface area contributed by atoms with E-state index in [1.54, 1.807) is 0 Å². The van der Waals surface area contributed by atoms with E-state index in [1.807, 2.05) is 48.5 Å². The van der Waals surface area contributed by atoms with Crippen LogP contribution in [0.25, 0.3) is 55.1 Å². The van der Waals surface area contributed by atoms with Gasteiger partial charge in [-0.3, -0.25) is 0 Å². The quantitative estimate of drug-likeness (QED) is 0.205. The average Bonchev–Trinajstić information content (AvgIpc) is 3.09. The van der Waals surface area contributed by atoms with Gasteiger partial charge < -0.3 is 4.74 Å². The van der Waals surface area contributed by atoms with E-state index in [1.165, 1.54) is 0 Å². The summed E-state index contributed by atoms with van der Waals surface area (Å²) in [5.41, 5.74) is 8.61. The molecular formula is C41H25NO. The Kier molecular flexibility index (Phi) is 5.88. The van der Waals surface area contributed by atoms with Gasteiger partial charge in [0.25, 0.3) is 0 Å². The number of rotatable bonds is 4. The lowest BCUT2D eigenvalue weighted by Gasteiger charge is -2.29. The van der Waals surface area contributed by atoms with Gasteiger partial charge in [0.15, 0.2) is 5.75 Å². The van der Waals surface area contributed by atoms with Crippen LogP contribution in [0.3, 0.4) is 0 Å². The maximum atomic E-state index is 10.9. The zero-order chi connectivity index (χ0) is 28.8. The second kappa shape index (κ2) is 10.2. The van der Waals surface area contributed by atoms with Crippen LogP contribution in [-0.2, 0) is 0 Å². The van der Waals surface area contributed by atoms with Crippen molar-refractivity contribution in [2.75, 3.05) is 0 Å². The fraction of sp³-hybridized carbons (Fsp3) is 0. The first-order valence-corrected chi connectivity index (χ1v) is 14.4. The Morgan fingerprint density at radius 2 is 1.00 bits per heavy atom. The molecule has 0 saturated heterocycles. The summed E-state index contributed by atoms with van der Waals surface area (Å²) < 4.78 is 7.04. The molecule has 0 aromatic heterocycles. The lowest BCUT2D eigenvalue weighted by molar-refractivity contribution is 0.518. The SMILES string of the molecule is N#Cc1c(-c2ccccc2)c(-c2ccccc2)c2c3c(cc4ccccc42)C(c2ccccc2)=C(c2ccccc2)Oc13. The predicted molar refractivity (Wildman–Crippen MR) is 176 cm³/mol. The predicted octanol–water partition coefficient (Wildman–Crippen LogP) is 10.5. The number of nitriles is 1. The summed E-state index contributed by atoms with van der Waals surface area (Å²) in [5.74, 6) is 1.36. The molecule has 1 aliphatic rings. The van der Waals surface area contributed by atoms with Crippen molar-refractivity contribution < 1.29 is 4.74 Å². The third kappa shape index (κ3) is 3.95. The van der Waals surface area contributed by atoms with Gasteiger partial charge in [-0.25, -0.2) is 0 Å². The molecule has 0 saturated carbocycles. The molecule has 8 rings (SSSR count). The van der Waals surface area contributed by atoms with E-state index in [0.717, 1.165) is 71.8 Å². The second-order valence-electron chi connectivity index (χ2n) is 10.7. The highest BCUT2D eigenvalue weighted by Gasteiger charge is 2.32. The van der Waals surface area contributed by atoms with Crippen molar-refractivity contribution in [3.05, 3.63) is 174 Å². The van der Waals surface area contributed by atoms with Crippen molar-refractivity contribution in [1.29, 1.82) is 5.26 Å². The maximum Gasteiger partial charge on any atom is 0.154 e. The van der Waals surface area contributed by atoms with Crippen LogP contribution >= 0.6 is 0 Å². The first kappa shape index (κ1) is 24.9. The van der Waals surface area contributed by atoms with Gasteiger partial charge in [0, 0.05) is 27.5 Å². The van der Waals surface area contributed by atoms with Crippen molar-refractivity contribution in [2.45, 2.75) is 0 Å². The van der Waals surface area contributed by atoms with Crippen LogP contribution in [0.1, 0.15) is 22.3 Å². The molecule has 0 bridgehead atoms. The Labute approximate surface area is 250 Å². The van der Waals surface area contributed by atoms with Crippen molar-refractivity contribution in [1.82, 2.24) is 0 Å². The number of nitrogens with zero attached hydrogens (tertiary/aromatic N) is 1. The highest BCUT2D eigenvalue weighted by molar-refractivity contribution is 6.26. The molecule has 0 atom stereocenters. The lowest BCUT2D eigenvalue weighted by Crippen LogP contribution is -2.10. The van der Waals surface area contributed by atoms with E-state index in [0.29, 0.717) is 11.3 Å². The van der Waals surface area contributed by atoms with Crippen LogP contribution in [0.15, 0.2) is 152 Å². The highest BCUT2D eigenvalue weighted by Crippen LogP contribution is 2.54. The van der Waals surface area contributed by atoms with E-state index < -0.39 is 0 Å². The Hall–Kier alpha value is -5.91. The molecule has 7 aromatic carbocycles. The first-order valence-electron chi connectivity index (χ1n) is 14.4. The van der Waals surface area contributed by atoms with Gasteiger partial charge in [0.1, 0.15) is 17.4 Å². The Morgan fingerprint density at radius 3 is 1.60 bits per heavy atom. The molecule has 0 spiro atoms. The second-order valence-corrected chi connectivity index (χ2v) is 10.7. The van der Waals surface area contributed by atoms with Gasteiger partial charge >= 0.3 is 0 Å².